The van der Waals surface area contributed by atoms with E-state index in [1.54, 1.807) is 26.0 Å². The average Bonchev–Trinajstić information content (AvgIpc) is 3.27. The minimum atomic E-state index is -0.492. The largest absolute Gasteiger partial charge is 0.338 e. The summed E-state index contributed by atoms with van der Waals surface area (Å²) in [5.74, 6) is -1.66. The van der Waals surface area contributed by atoms with Crippen molar-refractivity contribution in [3.05, 3.63) is 58.7 Å². The smallest absolute Gasteiger partial charge is 0.318 e. The molecule has 0 aliphatic heterocycles. The van der Waals surface area contributed by atoms with E-state index in [1.165, 1.54) is 0 Å². The van der Waals surface area contributed by atoms with Crippen LogP contribution in [-0.2, 0) is 24.7 Å². The van der Waals surface area contributed by atoms with Gasteiger partial charge in [-0.2, -0.15) is 0 Å². The van der Waals surface area contributed by atoms with E-state index >= 15 is 0 Å². The minimum Gasteiger partial charge on any atom is -0.318 e. The number of oxime groups is 2. The van der Waals surface area contributed by atoms with Crippen molar-refractivity contribution >= 4 is 34.9 Å². The SMILES string of the molecule is C/C(=N\OC(=O)C1CCCCC1)C(=O)c1ccc2c(c1)C(C)(C)c1cc(C(=O)/C(C)=N/OC(=O)C3CCCCC3)ccc1-2. The summed E-state index contributed by atoms with van der Waals surface area (Å²) in [6, 6.07) is 11.1. The molecule has 5 rings (SSSR count). The molecule has 0 heterocycles. The maximum Gasteiger partial charge on any atom is 0.338 e. The Balaban J connectivity index is 1.30. The second-order valence-electron chi connectivity index (χ2n) is 12.6. The van der Waals surface area contributed by atoms with Gasteiger partial charge in [-0.25, -0.2) is 9.59 Å². The summed E-state index contributed by atoms with van der Waals surface area (Å²) in [5, 5.41) is 7.76. The van der Waals surface area contributed by atoms with E-state index < -0.39 is 5.41 Å². The lowest BCUT2D eigenvalue weighted by Crippen LogP contribution is -2.21. The van der Waals surface area contributed by atoms with Crippen LogP contribution in [0.4, 0.5) is 0 Å². The molecule has 2 saturated carbocycles. The first-order chi connectivity index (χ1) is 20.6. The Morgan fingerprint density at radius 2 is 1.00 bits per heavy atom. The summed E-state index contributed by atoms with van der Waals surface area (Å²) in [5.41, 5.74) is 4.53. The second kappa shape index (κ2) is 12.7. The molecule has 0 saturated heterocycles. The molecule has 8 nitrogen and oxygen atoms in total. The lowest BCUT2D eigenvalue weighted by Gasteiger charge is -2.22. The topological polar surface area (TPSA) is 111 Å². The molecule has 43 heavy (non-hydrogen) atoms. The van der Waals surface area contributed by atoms with Crippen LogP contribution in [0.2, 0.25) is 0 Å². The van der Waals surface area contributed by atoms with Crippen molar-refractivity contribution < 1.29 is 28.9 Å². The van der Waals surface area contributed by atoms with Crippen LogP contribution < -0.4 is 0 Å². The van der Waals surface area contributed by atoms with Gasteiger partial charge in [0.15, 0.2) is 0 Å². The Kier molecular flexibility index (Phi) is 9.04. The molecule has 0 aromatic heterocycles. The van der Waals surface area contributed by atoms with Crippen LogP contribution in [0.5, 0.6) is 0 Å². The molecular formula is C35H40N2O6. The third-order valence-corrected chi connectivity index (χ3v) is 9.28. The summed E-state index contributed by atoms with van der Waals surface area (Å²) in [6.45, 7) is 7.22. The Morgan fingerprint density at radius 1 is 0.628 bits per heavy atom. The summed E-state index contributed by atoms with van der Waals surface area (Å²) < 4.78 is 0. The highest BCUT2D eigenvalue weighted by molar-refractivity contribution is 6.45. The van der Waals surface area contributed by atoms with E-state index in [9.17, 15) is 19.2 Å². The number of hydrogen-bond acceptors (Lipinski definition) is 8. The number of rotatable bonds is 8. The lowest BCUT2D eigenvalue weighted by atomic mass is 9.81. The Hall–Kier alpha value is -3.94. The lowest BCUT2D eigenvalue weighted by molar-refractivity contribution is -0.150. The first-order valence-electron chi connectivity index (χ1n) is 15.5. The highest BCUT2D eigenvalue weighted by Gasteiger charge is 2.37. The third kappa shape index (κ3) is 6.38. The molecule has 0 amide bonds. The summed E-state index contributed by atoms with van der Waals surface area (Å²) in [7, 11) is 0. The number of hydrogen-bond donors (Lipinski definition) is 0. The standard InChI is InChI=1S/C35H40N2O6/c1-21(36-42-33(40)23-11-7-5-8-12-23)31(38)25-15-17-27-28-18-16-26(20-30(28)35(3,4)29(27)19-25)32(39)22(2)37-43-34(41)24-13-9-6-10-14-24/h15-20,23-24H,5-14H2,1-4H3/b36-21+,37-22+. The zero-order valence-corrected chi connectivity index (χ0v) is 25.5. The van der Waals surface area contributed by atoms with Crippen molar-refractivity contribution in [2.24, 2.45) is 22.1 Å². The maximum atomic E-state index is 13.2. The fraction of sp³-hybridized carbons (Fsp3) is 0.486. The van der Waals surface area contributed by atoms with Gasteiger partial charge < -0.3 is 9.68 Å². The molecule has 0 N–H and O–H groups in total. The predicted octanol–water partition coefficient (Wildman–Crippen LogP) is 7.36. The van der Waals surface area contributed by atoms with E-state index in [-0.39, 0.29) is 46.8 Å². The van der Waals surface area contributed by atoms with E-state index in [2.05, 4.69) is 24.2 Å². The van der Waals surface area contributed by atoms with E-state index in [0.717, 1.165) is 86.5 Å². The minimum absolute atomic E-state index is 0.115. The van der Waals surface area contributed by atoms with Gasteiger partial charge in [-0.1, -0.05) is 86.9 Å². The molecule has 3 aliphatic carbocycles. The van der Waals surface area contributed by atoms with Gasteiger partial charge in [-0.05, 0) is 73.9 Å². The molecule has 3 aliphatic rings. The molecule has 0 bridgehead atoms. The molecule has 0 radical (unpaired) electrons. The normalized spacial score (nSPS) is 18.9. The first kappa shape index (κ1) is 30.5. The quantitative estimate of drug-likeness (QED) is 0.139. The van der Waals surface area contributed by atoms with Crippen molar-refractivity contribution in [2.45, 2.75) is 97.3 Å². The molecule has 0 spiro atoms. The molecule has 0 atom stereocenters. The molecule has 2 aromatic carbocycles. The Morgan fingerprint density at radius 3 is 1.37 bits per heavy atom. The van der Waals surface area contributed by atoms with Crippen molar-refractivity contribution in [1.29, 1.82) is 0 Å². The molecule has 226 valence electrons. The summed E-state index contributed by atoms with van der Waals surface area (Å²) in [6.07, 6.45) is 9.50. The number of carbonyl (C=O) groups excluding carboxylic acids is 4. The van der Waals surface area contributed by atoms with Gasteiger partial charge in [0.1, 0.15) is 11.4 Å². The molecule has 8 heteroatoms. The van der Waals surface area contributed by atoms with Crippen LogP contribution in [-0.4, -0.2) is 34.9 Å². The maximum absolute atomic E-state index is 13.2. The highest BCUT2D eigenvalue weighted by atomic mass is 16.7. The monoisotopic (exact) mass is 584 g/mol. The molecule has 0 unspecified atom stereocenters. The van der Waals surface area contributed by atoms with Crippen LogP contribution in [0.25, 0.3) is 11.1 Å². The number of Topliss-reactive ketones (excluding diaryl/α,β-unsaturated/α-hetero) is 2. The fourth-order valence-corrected chi connectivity index (χ4v) is 6.57. The third-order valence-electron chi connectivity index (χ3n) is 9.28. The zero-order chi connectivity index (χ0) is 30.7. The van der Waals surface area contributed by atoms with Gasteiger partial charge in [0.25, 0.3) is 0 Å². The summed E-state index contributed by atoms with van der Waals surface area (Å²) in [4.78, 5) is 61.5. The van der Waals surface area contributed by atoms with Crippen LogP contribution >= 0.6 is 0 Å². The van der Waals surface area contributed by atoms with Crippen molar-refractivity contribution in [3.8, 4) is 11.1 Å². The van der Waals surface area contributed by atoms with Crippen LogP contribution in [0.15, 0.2) is 46.7 Å². The number of carbonyl (C=O) groups is 4. The van der Waals surface area contributed by atoms with Crippen molar-refractivity contribution in [3.63, 3.8) is 0 Å². The van der Waals surface area contributed by atoms with Gasteiger partial charge in [0.05, 0.1) is 11.8 Å². The molecule has 2 aromatic rings. The van der Waals surface area contributed by atoms with Crippen LogP contribution in [0.3, 0.4) is 0 Å². The van der Waals surface area contributed by atoms with E-state index in [0.29, 0.717) is 11.1 Å². The van der Waals surface area contributed by atoms with E-state index in [1.807, 2.05) is 24.3 Å². The van der Waals surface area contributed by atoms with Gasteiger partial charge in [0, 0.05) is 16.5 Å². The van der Waals surface area contributed by atoms with Crippen molar-refractivity contribution in [1.82, 2.24) is 0 Å². The van der Waals surface area contributed by atoms with E-state index in [4.69, 9.17) is 9.68 Å². The van der Waals surface area contributed by atoms with Gasteiger partial charge in [-0.3, -0.25) is 9.59 Å². The zero-order valence-electron chi connectivity index (χ0n) is 25.5. The molecule has 2 fully saturated rings. The second-order valence-corrected chi connectivity index (χ2v) is 12.6. The van der Waals surface area contributed by atoms with Crippen LogP contribution in [0.1, 0.15) is 124 Å². The Labute approximate surface area is 252 Å². The number of fused-ring (bicyclic) bond motifs is 3. The average molecular weight is 585 g/mol. The van der Waals surface area contributed by atoms with Gasteiger partial charge in [0.2, 0.25) is 11.6 Å². The number of benzene rings is 2. The summed E-state index contributed by atoms with van der Waals surface area (Å²) >= 11 is 0. The Bertz CT molecular complexity index is 1390. The molecular weight excluding hydrogens is 544 g/mol. The highest BCUT2D eigenvalue weighted by Crippen LogP contribution is 2.49. The van der Waals surface area contributed by atoms with Gasteiger partial charge in [-0.15, -0.1) is 0 Å². The predicted molar refractivity (Wildman–Crippen MR) is 164 cm³/mol. The van der Waals surface area contributed by atoms with Crippen LogP contribution in [0, 0.1) is 11.8 Å². The number of ketones is 2. The number of nitrogens with zero attached hydrogens (tertiary/aromatic N) is 2. The van der Waals surface area contributed by atoms with Gasteiger partial charge >= 0.3 is 11.9 Å². The first-order valence-corrected chi connectivity index (χ1v) is 15.5. The fourth-order valence-electron chi connectivity index (χ4n) is 6.57. The van der Waals surface area contributed by atoms with Crippen molar-refractivity contribution in [2.75, 3.05) is 0 Å².